The molecule has 1 aromatic carbocycles. The van der Waals surface area contributed by atoms with Gasteiger partial charge in [0.2, 0.25) is 0 Å². The van der Waals surface area contributed by atoms with Gasteiger partial charge in [-0.25, -0.2) is 0 Å². The molecule has 3 N–H and O–H groups in total. The van der Waals surface area contributed by atoms with Crippen molar-refractivity contribution in [1.29, 1.82) is 0 Å². The summed E-state index contributed by atoms with van der Waals surface area (Å²) in [5.41, 5.74) is 2.35. The lowest BCUT2D eigenvalue weighted by Crippen LogP contribution is -2.33. The maximum atomic E-state index is 12.5. The first-order valence-electron chi connectivity index (χ1n) is 6.60. The zero-order valence-corrected chi connectivity index (χ0v) is 11.8. The highest BCUT2D eigenvalue weighted by Crippen LogP contribution is 2.28. The van der Waals surface area contributed by atoms with Gasteiger partial charge in [0, 0.05) is 19.2 Å². The summed E-state index contributed by atoms with van der Waals surface area (Å²) >= 11 is 0. The van der Waals surface area contributed by atoms with Crippen molar-refractivity contribution in [3.8, 4) is 0 Å². The summed E-state index contributed by atoms with van der Waals surface area (Å²) in [4.78, 5) is 24.6. The Kier molecular flexibility index (Phi) is 5.92. The predicted molar refractivity (Wildman–Crippen MR) is 77.4 cm³/mol. The van der Waals surface area contributed by atoms with E-state index in [2.05, 4.69) is 5.43 Å². The number of carbonyl (C=O) groups excluding carboxylic acids is 1. The van der Waals surface area contributed by atoms with E-state index in [0.29, 0.717) is 13.1 Å². The largest absolute Gasteiger partial charge is 0.339 e. The molecule has 1 rings (SSSR count). The Morgan fingerprint density at radius 2 is 1.95 bits per heavy atom. The molecule has 0 saturated carbocycles. The summed E-state index contributed by atoms with van der Waals surface area (Å²) in [6.45, 7) is 5.18. The third kappa shape index (κ3) is 3.45. The first-order valence-corrected chi connectivity index (χ1v) is 6.60. The fourth-order valence-corrected chi connectivity index (χ4v) is 2.05. The van der Waals surface area contributed by atoms with Crippen LogP contribution in [0.25, 0.3) is 0 Å². The molecule has 0 spiro atoms. The van der Waals surface area contributed by atoms with Gasteiger partial charge in [-0.1, -0.05) is 19.9 Å². The van der Waals surface area contributed by atoms with Crippen molar-refractivity contribution in [2.75, 3.05) is 18.5 Å². The van der Waals surface area contributed by atoms with Crippen LogP contribution in [-0.2, 0) is 0 Å². The number of para-hydroxylation sites is 1. The van der Waals surface area contributed by atoms with Crippen molar-refractivity contribution in [3.63, 3.8) is 0 Å². The summed E-state index contributed by atoms with van der Waals surface area (Å²) < 4.78 is 0. The molecule has 0 heterocycles. The van der Waals surface area contributed by atoms with Crippen LogP contribution in [0.5, 0.6) is 0 Å². The van der Waals surface area contributed by atoms with Crippen LogP contribution in [0.15, 0.2) is 18.2 Å². The normalized spacial score (nSPS) is 10.2. The van der Waals surface area contributed by atoms with E-state index in [-0.39, 0.29) is 22.8 Å². The van der Waals surface area contributed by atoms with Gasteiger partial charge in [0.1, 0.15) is 5.69 Å². The van der Waals surface area contributed by atoms with Crippen LogP contribution in [0.1, 0.15) is 37.0 Å². The number of nitro benzene ring substituents is 1. The van der Waals surface area contributed by atoms with Gasteiger partial charge in [-0.15, -0.1) is 0 Å². The lowest BCUT2D eigenvalue weighted by molar-refractivity contribution is -0.384. The van der Waals surface area contributed by atoms with Crippen LogP contribution in [0, 0.1) is 10.1 Å². The number of nitro groups is 1. The Labute approximate surface area is 117 Å². The second-order valence-corrected chi connectivity index (χ2v) is 4.39. The van der Waals surface area contributed by atoms with Crippen LogP contribution < -0.4 is 11.3 Å². The van der Waals surface area contributed by atoms with Gasteiger partial charge >= 0.3 is 0 Å². The van der Waals surface area contributed by atoms with Crippen molar-refractivity contribution in [2.24, 2.45) is 5.84 Å². The van der Waals surface area contributed by atoms with E-state index in [1.165, 1.54) is 12.1 Å². The molecule has 0 aliphatic carbocycles. The molecule has 0 aliphatic rings. The minimum Gasteiger partial charge on any atom is -0.339 e. The van der Waals surface area contributed by atoms with Gasteiger partial charge in [-0.3, -0.25) is 20.8 Å². The zero-order chi connectivity index (χ0) is 15.1. The Hall–Kier alpha value is -2.15. The number of nitrogens with one attached hydrogen (secondary N) is 1. The highest BCUT2D eigenvalue weighted by atomic mass is 16.6. The van der Waals surface area contributed by atoms with Gasteiger partial charge in [-0.2, -0.15) is 0 Å². The molecule has 7 heteroatoms. The number of anilines is 1. The first-order chi connectivity index (χ1) is 9.56. The monoisotopic (exact) mass is 280 g/mol. The number of nitrogens with two attached hydrogens (primary N) is 1. The molecule has 0 saturated heterocycles. The number of hydrogen-bond acceptors (Lipinski definition) is 5. The highest BCUT2D eigenvalue weighted by molar-refractivity contribution is 6.01. The number of rotatable bonds is 7. The van der Waals surface area contributed by atoms with E-state index in [9.17, 15) is 14.9 Å². The number of hydrogen-bond donors (Lipinski definition) is 2. The molecule has 0 atom stereocenters. The molecule has 0 unspecified atom stereocenters. The van der Waals surface area contributed by atoms with E-state index < -0.39 is 4.92 Å². The number of nitrogens with zero attached hydrogens (tertiary/aromatic N) is 2. The number of hydrazine groups is 1. The van der Waals surface area contributed by atoms with E-state index in [0.717, 1.165) is 12.8 Å². The Morgan fingerprint density at radius 3 is 2.40 bits per heavy atom. The SMILES string of the molecule is CCCN(CCC)C(=O)c1cccc([N+](=O)[O-])c1NN. The van der Waals surface area contributed by atoms with Crippen LogP contribution in [-0.4, -0.2) is 28.8 Å². The van der Waals surface area contributed by atoms with E-state index in [1.54, 1.807) is 11.0 Å². The maximum Gasteiger partial charge on any atom is 0.294 e. The fraction of sp³-hybridized carbons (Fsp3) is 0.462. The molecule has 0 radical (unpaired) electrons. The third-order valence-corrected chi connectivity index (χ3v) is 2.89. The molecule has 0 aliphatic heterocycles. The maximum absolute atomic E-state index is 12.5. The Balaban J connectivity index is 3.20. The van der Waals surface area contributed by atoms with Crippen LogP contribution in [0.2, 0.25) is 0 Å². The molecule has 0 fully saturated rings. The van der Waals surface area contributed by atoms with Crippen LogP contribution >= 0.6 is 0 Å². The second kappa shape index (κ2) is 7.44. The predicted octanol–water partition coefficient (Wildman–Crippen LogP) is 2.14. The van der Waals surface area contributed by atoms with Crippen LogP contribution in [0.4, 0.5) is 11.4 Å². The average molecular weight is 280 g/mol. The van der Waals surface area contributed by atoms with Crippen molar-refractivity contribution >= 4 is 17.3 Å². The molecule has 7 nitrogen and oxygen atoms in total. The first kappa shape index (κ1) is 15.9. The second-order valence-electron chi connectivity index (χ2n) is 4.39. The van der Waals surface area contributed by atoms with E-state index >= 15 is 0 Å². The summed E-state index contributed by atoms with van der Waals surface area (Å²) in [5, 5.41) is 11.0. The fourth-order valence-electron chi connectivity index (χ4n) is 2.05. The summed E-state index contributed by atoms with van der Waals surface area (Å²) in [6, 6.07) is 4.35. The molecule has 1 aromatic rings. The van der Waals surface area contributed by atoms with Crippen molar-refractivity contribution in [1.82, 2.24) is 4.90 Å². The van der Waals surface area contributed by atoms with Crippen molar-refractivity contribution in [3.05, 3.63) is 33.9 Å². The lowest BCUT2D eigenvalue weighted by atomic mass is 10.1. The minimum atomic E-state index is -0.560. The Bertz CT molecular complexity index is 485. The Morgan fingerprint density at radius 1 is 1.35 bits per heavy atom. The number of carbonyl (C=O) groups is 1. The minimum absolute atomic E-state index is 0.0553. The summed E-state index contributed by atoms with van der Waals surface area (Å²) in [7, 11) is 0. The van der Waals surface area contributed by atoms with Crippen LogP contribution in [0.3, 0.4) is 0 Å². The van der Waals surface area contributed by atoms with E-state index in [4.69, 9.17) is 5.84 Å². The topological polar surface area (TPSA) is 102 Å². The molecule has 0 bridgehead atoms. The zero-order valence-electron chi connectivity index (χ0n) is 11.8. The van der Waals surface area contributed by atoms with Gasteiger partial charge in [0.15, 0.2) is 0 Å². The van der Waals surface area contributed by atoms with Gasteiger partial charge in [0.25, 0.3) is 11.6 Å². The highest BCUT2D eigenvalue weighted by Gasteiger charge is 2.23. The quantitative estimate of drug-likeness (QED) is 0.452. The number of nitrogen functional groups attached to an aromatic ring is 1. The number of benzene rings is 1. The summed E-state index contributed by atoms with van der Waals surface area (Å²) in [5.74, 6) is 5.10. The van der Waals surface area contributed by atoms with Gasteiger partial charge in [0.05, 0.1) is 10.5 Å². The van der Waals surface area contributed by atoms with Crippen molar-refractivity contribution in [2.45, 2.75) is 26.7 Å². The molecule has 20 heavy (non-hydrogen) atoms. The molecular weight excluding hydrogens is 260 g/mol. The van der Waals surface area contributed by atoms with Crippen molar-refractivity contribution < 1.29 is 9.72 Å². The van der Waals surface area contributed by atoms with Gasteiger partial charge in [-0.05, 0) is 18.9 Å². The standard InChI is InChI=1S/C13H20N4O3/c1-3-8-16(9-4-2)13(18)10-6-5-7-11(17(19)20)12(10)15-14/h5-7,15H,3-4,8-9,14H2,1-2H3. The molecule has 1 amide bonds. The lowest BCUT2D eigenvalue weighted by Gasteiger charge is -2.22. The third-order valence-electron chi connectivity index (χ3n) is 2.89. The molecule has 0 aromatic heterocycles. The van der Waals surface area contributed by atoms with Gasteiger partial charge < -0.3 is 10.3 Å². The average Bonchev–Trinajstić information content (AvgIpc) is 2.45. The molecular formula is C13H20N4O3. The smallest absolute Gasteiger partial charge is 0.294 e. The summed E-state index contributed by atoms with van der Waals surface area (Å²) in [6.07, 6.45) is 1.65. The number of amides is 1. The van der Waals surface area contributed by atoms with E-state index in [1.807, 2.05) is 13.8 Å². The molecule has 110 valence electrons.